The van der Waals surface area contributed by atoms with Crippen molar-refractivity contribution in [1.82, 2.24) is 5.06 Å². The Hall–Kier alpha value is -0.630. The Morgan fingerprint density at radius 1 is 1.31 bits per heavy atom. The molecule has 0 aromatic carbocycles. The quantitative estimate of drug-likeness (QED) is 0.598. The fraction of sp³-hybridized carbons (Fsp3) is 0.889. The van der Waals surface area contributed by atoms with Gasteiger partial charge in [-0.3, -0.25) is 0 Å². The molecule has 0 aromatic heterocycles. The molecule has 2 atom stereocenters. The molecule has 4 heteroatoms. The number of nitrogens with two attached hydrogens (primary N) is 1. The fourth-order valence-electron chi connectivity index (χ4n) is 2.09. The lowest BCUT2D eigenvalue weighted by molar-refractivity contribution is -0.247. The van der Waals surface area contributed by atoms with Crippen LogP contribution in [-0.2, 0) is 5.21 Å². The summed E-state index contributed by atoms with van der Waals surface area (Å²) in [7, 11) is 0. The minimum atomic E-state index is -0.683. The van der Waals surface area contributed by atoms with Crippen LogP contribution in [0.4, 0.5) is 0 Å². The van der Waals surface area contributed by atoms with E-state index in [1.165, 1.54) is 0 Å². The molecule has 2 unspecified atom stereocenters. The number of nitrogens with zero attached hydrogens (tertiary/aromatic N) is 2. The first-order valence-electron chi connectivity index (χ1n) is 4.39. The largest absolute Gasteiger partial charge is 0.325 e. The van der Waals surface area contributed by atoms with Gasteiger partial charge in [0.2, 0.25) is 0 Å². The third kappa shape index (κ3) is 1.16. The van der Waals surface area contributed by atoms with Crippen molar-refractivity contribution in [3.05, 3.63) is 0 Å². The predicted octanol–water partition coefficient (Wildman–Crippen LogP) is 0.672. The van der Waals surface area contributed by atoms with Gasteiger partial charge in [-0.15, -0.1) is 10.3 Å². The van der Waals surface area contributed by atoms with Crippen LogP contribution < -0.4 is 5.73 Å². The molecular formula is C9H16N3O. The van der Waals surface area contributed by atoms with Crippen LogP contribution >= 0.6 is 0 Å². The Morgan fingerprint density at radius 3 is 1.92 bits per heavy atom. The molecule has 1 aliphatic rings. The maximum Gasteiger partial charge on any atom is 0.0835 e. The second-order valence-corrected chi connectivity index (χ2v) is 4.73. The molecule has 2 N–H and O–H groups in total. The summed E-state index contributed by atoms with van der Waals surface area (Å²) in [5.41, 5.74) is 4.54. The zero-order valence-electron chi connectivity index (χ0n) is 8.53. The maximum absolute atomic E-state index is 11.8. The molecule has 0 bridgehead atoms. The molecular weight excluding hydrogens is 166 g/mol. The van der Waals surface area contributed by atoms with Gasteiger partial charge in [-0.1, -0.05) is 0 Å². The van der Waals surface area contributed by atoms with E-state index >= 15 is 0 Å². The molecule has 1 radical (unpaired) electrons. The van der Waals surface area contributed by atoms with Gasteiger partial charge in [-0.2, -0.15) is 5.26 Å². The van der Waals surface area contributed by atoms with E-state index in [0.717, 1.165) is 5.06 Å². The summed E-state index contributed by atoms with van der Waals surface area (Å²) in [4.78, 5) is 0. The van der Waals surface area contributed by atoms with Gasteiger partial charge in [0.05, 0.1) is 23.1 Å². The van der Waals surface area contributed by atoms with Crippen molar-refractivity contribution < 1.29 is 5.21 Å². The molecule has 73 valence electrons. The summed E-state index contributed by atoms with van der Waals surface area (Å²) in [6.45, 7) is 7.10. The van der Waals surface area contributed by atoms with Gasteiger partial charge in [0.1, 0.15) is 0 Å². The first kappa shape index (κ1) is 10.5. The first-order chi connectivity index (χ1) is 5.76. The van der Waals surface area contributed by atoms with E-state index < -0.39 is 17.0 Å². The highest BCUT2D eigenvalue weighted by atomic mass is 16.5. The van der Waals surface area contributed by atoms with Gasteiger partial charge in [-0.25, -0.2) is 0 Å². The van der Waals surface area contributed by atoms with Gasteiger partial charge < -0.3 is 5.73 Å². The Morgan fingerprint density at radius 2 is 1.77 bits per heavy atom. The number of nitriles is 1. The van der Waals surface area contributed by atoms with Gasteiger partial charge in [0.15, 0.2) is 0 Å². The molecule has 1 rings (SSSR count). The fourth-order valence-corrected chi connectivity index (χ4v) is 2.09. The smallest absolute Gasteiger partial charge is 0.0835 e. The van der Waals surface area contributed by atoms with Crippen LogP contribution in [0.3, 0.4) is 0 Å². The predicted molar refractivity (Wildman–Crippen MR) is 47.8 cm³/mol. The average Bonchev–Trinajstić information content (AvgIpc) is 2.12. The highest BCUT2D eigenvalue weighted by Crippen LogP contribution is 2.42. The third-order valence-corrected chi connectivity index (χ3v) is 3.12. The lowest BCUT2D eigenvalue weighted by atomic mass is 9.84. The van der Waals surface area contributed by atoms with Crippen LogP contribution in [0.15, 0.2) is 0 Å². The van der Waals surface area contributed by atoms with Crippen molar-refractivity contribution in [2.24, 2.45) is 11.7 Å². The summed E-state index contributed by atoms with van der Waals surface area (Å²) < 4.78 is 0. The molecule has 0 amide bonds. The first-order valence-corrected chi connectivity index (χ1v) is 4.39. The van der Waals surface area contributed by atoms with Crippen LogP contribution in [0.2, 0.25) is 0 Å². The van der Waals surface area contributed by atoms with E-state index in [1.807, 2.05) is 0 Å². The third-order valence-electron chi connectivity index (χ3n) is 3.12. The average molecular weight is 182 g/mol. The molecule has 0 aromatic rings. The van der Waals surface area contributed by atoms with Crippen molar-refractivity contribution in [3.63, 3.8) is 0 Å². The molecule has 1 aliphatic heterocycles. The lowest BCUT2D eigenvalue weighted by Gasteiger charge is -2.32. The molecule has 0 spiro atoms. The lowest BCUT2D eigenvalue weighted by Crippen LogP contribution is -2.49. The number of hydrogen-bond acceptors (Lipinski definition) is 3. The minimum absolute atomic E-state index is 0.384. The van der Waals surface area contributed by atoms with Crippen molar-refractivity contribution >= 4 is 0 Å². The minimum Gasteiger partial charge on any atom is -0.325 e. The zero-order chi connectivity index (χ0) is 10.4. The SMILES string of the molecule is CC1(C)C(N)C(C#N)C(C)(C)N1[O]. The molecule has 0 aliphatic carbocycles. The maximum atomic E-state index is 11.8. The van der Waals surface area contributed by atoms with Crippen LogP contribution in [0.1, 0.15) is 27.7 Å². The second kappa shape index (κ2) is 2.68. The van der Waals surface area contributed by atoms with Crippen molar-refractivity contribution in [3.8, 4) is 6.07 Å². The Balaban J connectivity index is 3.13. The summed E-state index contributed by atoms with van der Waals surface area (Å²) in [6.07, 6.45) is 0. The van der Waals surface area contributed by atoms with Crippen LogP contribution in [0, 0.1) is 17.2 Å². The number of hydrogen-bond donors (Lipinski definition) is 1. The Kier molecular flexibility index (Phi) is 2.15. The Labute approximate surface area is 78.9 Å². The molecule has 0 saturated carbocycles. The van der Waals surface area contributed by atoms with E-state index in [1.54, 1.807) is 27.7 Å². The second-order valence-electron chi connectivity index (χ2n) is 4.73. The van der Waals surface area contributed by atoms with Crippen LogP contribution in [-0.4, -0.2) is 22.2 Å². The van der Waals surface area contributed by atoms with E-state index in [-0.39, 0.29) is 6.04 Å². The topological polar surface area (TPSA) is 73.0 Å². The van der Waals surface area contributed by atoms with Crippen molar-refractivity contribution in [2.75, 3.05) is 0 Å². The molecule has 13 heavy (non-hydrogen) atoms. The van der Waals surface area contributed by atoms with Crippen LogP contribution in [0.25, 0.3) is 0 Å². The van der Waals surface area contributed by atoms with Gasteiger partial charge in [-0.05, 0) is 27.7 Å². The molecule has 1 fully saturated rings. The molecule has 1 saturated heterocycles. The van der Waals surface area contributed by atoms with Crippen molar-refractivity contribution in [2.45, 2.75) is 44.8 Å². The number of rotatable bonds is 0. The molecule has 4 nitrogen and oxygen atoms in total. The highest BCUT2D eigenvalue weighted by molar-refractivity contribution is 5.16. The summed E-state index contributed by atoms with van der Waals surface area (Å²) in [5, 5.41) is 21.7. The molecule has 1 heterocycles. The van der Waals surface area contributed by atoms with E-state index in [4.69, 9.17) is 11.0 Å². The normalized spacial score (nSPS) is 37.3. The highest BCUT2D eigenvalue weighted by Gasteiger charge is 2.58. The summed E-state index contributed by atoms with van der Waals surface area (Å²) in [5.74, 6) is -0.403. The number of hydroxylamine groups is 2. The summed E-state index contributed by atoms with van der Waals surface area (Å²) >= 11 is 0. The van der Waals surface area contributed by atoms with Crippen molar-refractivity contribution in [1.29, 1.82) is 5.26 Å². The van der Waals surface area contributed by atoms with E-state index in [0.29, 0.717) is 0 Å². The van der Waals surface area contributed by atoms with Gasteiger partial charge in [0.25, 0.3) is 0 Å². The van der Waals surface area contributed by atoms with Crippen LogP contribution in [0.5, 0.6) is 0 Å². The summed E-state index contributed by atoms with van der Waals surface area (Å²) in [6, 6.07) is 1.74. The van der Waals surface area contributed by atoms with E-state index in [2.05, 4.69) is 6.07 Å². The Bertz CT molecular complexity index is 254. The van der Waals surface area contributed by atoms with Gasteiger partial charge >= 0.3 is 0 Å². The van der Waals surface area contributed by atoms with E-state index in [9.17, 15) is 5.21 Å². The standard InChI is InChI=1S/C9H16N3O/c1-8(2)6(5-10)7(11)9(3,4)12(8)13/h6-7H,11H2,1-4H3. The zero-order valence-corrected chi connectivity index (χ0v) is 8.53. The van der Waals surface area contributed by atoms with Gasteiger partial charge in [0, 0.05) is 6.04 Å². The monoisotopic (exact) mass is 182 g/mol.